The Morgan fingerprint density at radius 1 is 1.03 bits per heavy atom. The van der Waals surface area contributed by atoms with Crippen LogP contribution in [0.25, 0.3) is 22.2 Å². The van der Waals surface area contributed by atoms with Crippen molar-refractivity contribution in [2.45, 2.75) is 0 Å². The Balaban J connectivity index is 0.00000336. The van der Waals surface area contributed by atoms with Crippen LogP contribution in [0.1, 0.15) is 11.9 Å². The zero-order valence-electron chi connectivity index (χ0n) is 20.3. The van der Waals surface area contributed by atoms with E-state index in [0.29, 0.717) is 45.5 Å². The van der Waals surface area contributed by atoms with Gasteiger partial charge in [-0.1, -0.05) is 6.07 Å². The van der Waals surface area contributed by atoms with Crippen LogP contribution in [0.5, 0.6) is 17.2 Å². The zero-order chi connectivity index (χ0) is 25.9. The van der Waals surface area contributed by atoms with Gasteiger partial charge in [0.25, 0.3) is 5.91 Å². The lowest BCUT2D eigenvalue weighted by molar-refractivity contribution is 0.0958. The maximum atomic E-state index is 14.3. The van der Waals surface area contributed by atoms with Crippen molar-refractivity contribution in [3.63, 3.8) is 0 Å². The molecule has 10 heteroatoms. The summed E-state index contributed by atoms with van der Waals surface area (Å²) in [7, 11) is 4.99. The standard InChI is InChI=1S/C27H23FN6O3.H2/c1-29-26(35)22-15-18(10-12-30-22)37-17-7-8-23-20(14-17)32-27(34(23)2)33-21-13-16(6-9-24(21)36-3)19-5-4-11-31-25(19)28;/h4-15H,1-3H3,(H,29,35)(H,32,33);1H. The second kappa shape index (κ2) is 9.94. The molecule has 5 rings (SSSR count). The quantitative estimate of drug-likeness (QED) is 0.292. The number of ether oxygens (including phenoxy) is 2. The predicted molar refractivity (Wildman–Crippen MR) is 140 cm³/mol. The van der Waals surface area contributed by atoms with Crippen molar-refractivity contribution in [1.82, 2.24) is 24.8 Å². The summed E-state index contributed by atoms with van der Waals surface area (Å²) in [4.78, 5) is 24.4. The number of amides is 1. The summed E-state index contributed by atoms with van der Waals surface area (Å²) in [6.45, 7) is 0. The molecule has 3 heterocycles. The first-order chi connectivity index (χ1) is 18.0. The number of fused-ring (bicyclic) bond motifs is 1. The monoisotopic (exact) mass is 500 g/mol. The van der Waals surface area contributed by atoms with Gasteiger partial charge in [-0.05, 0) is 48.0 Å². The van der Waals surface area contributed by atoms with Crippen molar-refractivity contribution in [1.29, 1.82) is 0 Å². The summed E-state index contributed by atoms with van der Waals surface area (Å²) in [6, 6.07) is 17.4. The molecule has 3 aromatic heterocycles. The SMILES string of the molecule is CNC(=O)c1cc(Oc2ccc3c(c2)nc(Nc2cc(-c4cccnc4F)ccc2OC)n3C)ccn1.[HH]. The van der Waals surface area contributed by atoms with Gasteiger partial charge in [0.05, 0.1) is 23.8 Å². The maximum Gasteiger partial charge on any atom is 0.269 e. The lowest BCUT2D eigenvalue weighted by Crippen LogP contribution is -2.18. The molecule has 0 fully saturated rings. The number of nitrogens with one attached hydrogen (secondary N) is 2. The minimum atomic E-state index is -0.550. The molecule has 0 radical (unpaired) electrons. The van der Waals surface area contributed by atoms with E-state index in [1.807, 2.05) is 23.7 Å². The summed E-state index contributed by atoms with van der Waals surface area (Å²) < 4.78 is 27.6. The van der Waals surface area contributed by atoms with E-state index < -0.39 is 5.95 Å². The highest BCUT2D eigenvalue weighted by atomic mass is 19.1. The lowest BCUT2D eigenvalue weighted by Gasteiger charge is -2.13. The first kappa shape index (κ1) is 23.7. The van der Waals surface area contributed by atoms with E-state index in [9.17, 15) is 9.18 Å². The van der Waals surface area contributed by atoms with Crippen LogP contribution in [0, 0.1) is 5.95 Å². The Bertz CT molecular complexity index is 1620. The number of carbonyl (C=O) groups is 1. The predicted octanol–water partition coefficient (Wildman–Crippen LogP) is 5.32. The summed E-state index contributed by atoms with van der Waals surface area (Å²) in [6.07, 6.45) is 2.93. The van der Waals surface area contributed by atoms with Crippen LogP contribution < -0.4 is 20.1 Å². The molecule has 2 aromatic carbocycles. The molecule has 5 aromatic rings. The first-order valence-corrected chi connectivity index (χ1v) is 11.3. The third-order valence-corrected chi connectivity index (χ3v) is 5.80. The van der Waals surface area contributed by atoms with Crippen LogP contribution >= 0.6 is 0 Å². The topological polar surface area (TPSA) is 103 Å². The fraction of sp³-hybridized carbons (Fsp3) is 0.111. The summed E-state index contributed by atoms with van der Waals surface area (Å²) in [5, 5.41) is 5.84. The third kappa shape index (κ3) is 4.76. The number of aryl methyl sites for hydroxylation is 1. The molecule has 2 N–H and O–H groups in total. The average Bonchev–Trinajstić information content (AvgIpc) is 3.22. The van der Waals surface area contributed by atoms with Crippen molar-refractivity contribution in [2.75, 3.05) is 19.5 Å². The smallest absolute Gasteiger partial charge is 0.269 e. The highest BCUT2D eigenvalue weighted by Crippen LogP contribution is 2.34. The second-order valence-electron chi connectivity index (χ2n) is 8.08. The highest BCUT2D eigenvalue weighted by molar-refractivity contribution is 5.92. The summed E-state index contributed by atoms with van der Waals surface area (Å²) >= 11 is 0. The van der Waals surface area contributed by atoms with Crippen molar-refractivity contribution >= 4 is 28.6 Å². The minimum absolute atomic E-state index is 0. The van der Waals surface area contributed by atoms with Gasteiger partial charge in [-0.15, -0.1) is 0 Å². The van der Waals surface area contributed by atoms with Crippen molar-refractivity contribution in [2.24, 2.45) is 7.05 Å². The number of nitrogens with zero attached hydrogens (tertiary/aromatic N) is 4. The third-order valence-electron chi connectivity index (χ3n) is 5.80. The first-order valence-electron chi connectivity index (χ1n) is 11.3. The number of carbonyl (C=O) groups excluding carboxylic acids is 1. The van der Waals surface area contributed by atoms with Gasteiger partial charge >= 0.3 is 0 Å². The normalized spacial score (nSPS) is 10.8. The molecule has 9 nitrogen and oxygen atoms in total. The number of methoxy groups -OCH3 is 1. The number of anilines is 2. The molecule has 37 heavy (non-hydrogen) atoms. The molecule has 0 spiro atoms. The van der Waals surface area contributed by atoms with Crippen LogP contribution in [0.4, 0.5) is 16.0 Å². The molecular weight excluding hydrogens is 475 g/mol. The molecule has 0 saturated heterocycles. The molecule has 0 unspecified atom stereocenters. The fourth-order valence-corrected chi connectivity index (χ4v) is 3.91. The number of hydrogen-bond acceptors (Lipinski definition) is 7. The largest absolute Gasteiger partial charge is 0.495 e. The molecule has 0 saturated carbocycles. The fourth-order valence-electron chi connectivity index (χ4n) is 3.91. The molecule has 0 aliphatic rings. The van der Waals surface area contributed by atoms with E-state index in [1.165, 1.54) is 12.4 Å². The van der Waals surface area contributed by atoms with E-state index in [0.717, 1.165) is 5.52 Å². The van der Waals surface area contributed by atoms with E-state index >= 15 is 0 Å². The van der Waals surface area contributed by atoms with E-state index in [2.05, 4.69) is 20.6 Å². The van der Waals surface area contributed by atoms with Gasteiger partial charge in [-0.2, -0.15) is 4.39 Å². The maximum absolute atomic E-state index is 14.3. The van der Waals surface area contributed by atoms with Crippen LogP contribution in [-0.4, -0.2) is 39.6 Å². The van der Waals surface area contributed by atoms with Crippen LogP contribution in [0.3, 0.4) is 0 Å². The van der Waals surface area contributed by atoms with Gasteiger partial charge in [0, 0.05) is 45.6 Å². The van der Waals surface area contributed by atoms with Crippen LogP contribution in [-0.2, 0) is 7.05 Å². The molecule has 0 atom stereocenters. The molecule has 0 bridgehead atoms. The van der Waals surface area contributed by atoms with E-state index in [1.54, 1.807) is 62.7 Å². The summed E-state index contributed by atoms with van der Waals surface area (Å²) in [5.74, 6) is 1.32. The van der Waals surface area contributed by atoms with Gasteiger partial charge < -0.3 is 24.7 Å². The Hall–Kier alpha value is -4.99. The molecular formula is C27H25FN6O3. The number of halogens is 1. The average molecular weight is 501 g/mol. The molecule has 0 aliphatic carbocycles. The zero-order valence-corrected chi connectivity index (χ0v) is 20.3. The highest BCUT2D eigenvalue weighted by Gasteiger charge is 2.15. The Labute approximate surface area is 213 Å². The Kier molecular flexibility index (Phi) is 6.38. The van der Waals surface area contributed by atoms with Gasteiger partial charge in [-0.3, -0.25) is 9.78 Å². The number of aromatic nitrogens is 4. The minimum Gasteiger partial charge on any atom is -0.495 e. The summed E-state index contributed by atoms with van der Waals surface area (Å²) in [5.41, 5.74) is 3.47. The molecule has 0 aliphatic heterocycles. The second-order valence-corrected chi connectivity index (χ2v) is 8.08. The molecule has 1 amide bonds. The van der Waals surface area contributed by atoms with Gasteiger partial charge in [0.15, 0.2) is 0 Å². The number of benzene rings is 2. The molecule has 188 valence electrons. The van der Waals surface area contributed by atoms with E-state index in [4.69, 9.17) is 14.5 Å². The Morgan fingerprint density at radius 3 is 2.65 bits per heavy atom. The lowest BCUT2D eigenvalue weighted by atomic mass is 10.1. The van der Waals surface area contributed by atoms with Crippen LogP contribution in [0.2, 0.25) is 0 Å². The number of hydrogen-bond donors (Lipinski definition) is 2. The van der Waals surface area contributed by atoms with Crippen molar-refractivity contribution in [3.05, 3.63) is 84.7 Å². The van der Waals surface area contributed by atoms with Crippen molar-refractivity contribution in [3.8, 4) is 28.4 Å². The van der Waals surface area contributed by atoms with Crippen LogP contribution in [0.15, 0.2) is 73.1 Å². The number of rotatable bonds is 7. The Morgan fingerprint density at radius 2 is 1.86 bits per heavy atom. The van der Waals surface area contributed by atoms with Gasteiger partial charge in [0.2, 0.25) is 11.9 Å². The van der Waals surface area contributed by atoms with E-state index in [-0.39, 0.29) is 13.0 Å². The van der Waals surface area contributed by atoms with Crippen molar-refractivity contribution < 1.29 is 20.1 Å². The van der Waals surface area contributed by atoms with Gasteiger partial charge in [0.1, 0.15) is 22.9 Å². The number of imidazole rings is 1. The number of pyridine rings is 2. The van der Waals surface area contributed by atoms with Gasteiger partial charge in [-0.25, -0.2) is 9.97 Å².